The molecule has 0 fully saturated rings. The summed E-state index contributed by atoms with van der Waals surface area (Å²) in [6, 6.07) is 6.53. The van der Waals surface area contributed by atoms with Crippen molar-refractivity contribution in [3.8, 4) is 0 Å². The van der Waals surface area contributed by atoms with Gasteiger partial charge in [0, 0.05) is 5.54 Å². The van der Waals surface area contributed by atoms with Gasteiger partial charge >= 0.3 is 0 Å². The highest BCUT2D eigenvalue weighted by atomic mass is 14.7. The molecule has 0 heterocycles. The van der Waals surface area contributed by atoms with Gasteiger partial charge in [0.15, 0.2) is 0 Å². The summed E-state index contributed by atoms with van der Waals surface area (Å²) in [5, 5.41) is 0. The number of nitrogens with two attached hydrogens (primary N) is 1. The van der Waals surface area contributed by atoms with E-state index in [9.17, 15) is 0 Å². The van der Waals surface area contributed by atoms with Crippen molar-refractivity contribution < 1.29 is 0 Å². The minimum atomic E-state index is -0.184. The first-order chi connectivity index (χ1) is 5.95. The normalized spacial score (nSPS) is 15.5. The first-order valence-corrected chi connectivity index (χ1v) is 4.83. The van der Waals surface area contributed by atoms with Crippen molar-refractivity contribution in [3.05, 3.63) is 34.9 Å². The van der Waals surface area contributed by atoms with E-state index >= 15 is 0 Å². The first-order valence-electron chi connectivity index (χ1n) is 4.83. The molecule has 0 bridgehead atoms. The Morgan fingerprint density at radius 2 is 1.62 bits per heavy atom. The lowest BCUT2D eigenvalue weighted by Crippen LogP contribution is -2.32. The zero-order chi connectivity index (χ0) is 10.1. The maximum absolute atomic E-state index is 6.18. The molecule has 1 unspecified atom stereocenters. The standard InChI is InChI=1S/C12H19N/c1-5-12(4,13)11-7-9(2)6-10(3)8-11/h6-8H,5,13H2,1-4H3. The van der Waals surface area contributed by atoms with Crippen LogP contribution in [-0.4, -0.2) is 0 Å². The molecule has 0 aliphatic heterocycles. The third-order valence-corrected chi connectivity index (χ3v) is 2.62. The molecule has 13 heavy (non-hydrogen) atoms. The van der Waals surface area contributed by atoms with Crippen LogP contribution in [-0.2, 0) is 5.54 Å². The molecule has 2 N–H and O–H groups in total. The van der Waals surface area contributed by atoms with Crippen molar-refractivity contribution >= 4 is 0 Å². The largest absolute Gasteiger partial charge is 0.322 e. The Balaban J connectivity index is 3.15. The minimum Gasteiger partial charge on any atom is -0.322 e. The molecule has 0 radical (unpaired) electrons. The lowest BCUT2D eigenvalue weighted by molar-refractivity contribution is 0.476. The van der Waals surface area contributed by atoms with Crippen LogP contribution in [0.2, 0.25) is 0 Å². The van der Waals surface area contributed by atoms with Gasteiger partial charge in [0.2, 0.25) is 0 Å². The van der Waals surface area contributed by atoms with Crippen LogP contribution in [0.15, 0.2) is 18.2 Å². The van der Waals surface area contributed by atoms with E-state index in [1.807, 2.05) is 0 Å². The second-order valence-electron chi connectivity index (χ2n) is 4.15. The van der Waals surface area contributed by atoms with E-state index in [-0.39, 0.29) is 5.54 Å². The molecule has 0 saturated carbocycles. The summed E-state index contributed by atoms with van der Waals surface area (Å²) < 4.78 is 0. The third kappa shape index (κ3) is 2.31. The average molecular weight is 177 g/mol. The summed E-state index contributed by atoms with van der Waals surface area (Å²) in [6.07, 6.45) is 0.968. The Bertz CT molecular complexity index is 280. The van der Waals surface area contributed by atoms with Crippen LogP contribution in [0.1, 0.15) is 37.0 Å². The lowest BCUT2D eigenvalue weighted by atomic mass is 9.88. The van der Waals surface area contributed by atoms with Crippen LogP contribution in [0.5, 0.6) is 0 Å². The van der Waals surface area contributed by atoms with Crippen LogP contribution < -0.4 is 5.73 Å². The molecule has 0 amide bonds. The molecule has 1 aromatic rings. The van der Waals surface area contributed by atoms with Gasteiger partial charge in [-0.2, -0.15) is 0 Å². The Hall–Kier alpha value is -0.820. The van der Waals surface area contributed by atoms with Gasteiger partial charge in [0.05, 0.1) is 0 Å². The predicted molar refractivity (Wildman–Crippen MR) is 57.7 cm³/mol. The highest BCUT2D eigenvalue weighted by Crippen LogP contribution is 2.23. The van der Waals surface area contributed by atoms with E-state index in [0.717, 1.165) is 6.42 Å². The minimum absolute atomic E-state index is 0.184. The smallest absolute Gasteiger partial charge is 0.0378 e. The molecular formula is C12H19N. The van der Waals surface area contributed by atoms with Gasteiger partial charge in [-0.05, 0) is 32.8 Å². The second kappa shape index (κ2) is 3.51. The SMILES string of the molecule is CCC(C)(N)c1cc(C)cc(C)c1. The van der Waals surface area contributed by atoms with Crippen LogP contribution in [0, 0.1) is 13.8 Å². The van der Waals surface area contributed by atoms with Crippen molar-refractivity contribution in [3.63, 3.8) is 0 Å². The monoisotopic (exact) mass is 177 g/mol. The van der Waals surface area contributed by atoms with Crippen molar-refractivity contribution in [1.29, 1.82) is 0 Å². The molecule has 0 saturated heterocycles. The van der Waals surface area contributed by atoms with E-state index < -0.39 is 0 Å². The van der Waals surface area contributed by atoms with E-state index in [0.29, 0.717) is 0 Å². The van der Waals surface area contributed by atoms with Gasteiger partial charge in [-0.1, -0.05) is 36.2 Å². The fraction of sp³-hybridized carbons (Fsp3) is 0.500. The van der Waals surface area contributed by atoms with E-state index in [2.05, 4.69) is 45.9 Å². The van der Waals surface area contributed by atoms with Crippen LogP contribution >= 0.6 is 0 Å². The maximum atomic E-state index is 6.18. The second-order valence-corrected chi connectivity index (χ2v) is 4.15. The zero-order valence-electron chi connectivity index (χ0n) is 9.02. The van der Waals surface area contributed by atoms with Crippen molar-refractivity contribution in [2.24, 2.45) is 5.73 Å². The Morgan fingerprint density at radius 3 is 2.00 bits per heavy atom. The summed E-state index contributed by atoms with van der Waals surface area (Å²) in [7, 11) is 0. The molecular weight excluding hydrogens is 158 g/mol. The summed E-state index contributed by atoms with van der Waals surface area (Å²) in [4.78, 5) is 0. The predicted octanol–water partition coefficient (Wildman–Crippen LogP) is 2.89. The van der Waals surface area contributed by atoms with Crippen LogP contribution in [0.4, 0.5) is 0 Å². The molecule has 0 aromatic heterocycles. The number of aryl methyl sites for hydroxylation is 2. The molecule has 1 heteroatoms. The summed E-state index contributed by atoms with van der Waals surface area (Å²) in [6.45, 7) is 8.43. The zero-order valence-corrected chi connectivity index (χ0v) is 9.02. The number of benzene rings is 1. The van der Waals surface area contributed by atoms with Crippen molar-refractivity contribution in [1.82, 2.24) is 0 Å². The van der Waals surface area contributed by atoms with Gasteiger partial charge < -0.3 is 5.73 Å². The third-order valence-electron chi connectivity index (χ3n) is 2.62. The van der Waals surface area contributed by atoms with Crippen molar-refractivity contribution in [2.75, 3.05) is 0 Å². The van der Waals surface area contributed by atoms with Crippen molar-refractivity contribution in [2.45, 2.75) is 39.7 Å². The Morgan fingerprint density at radius 1 is 1.15 bits per heavy atom. The first kappa shape index (κ1) is 10.3. The summed E-state index contributed by atoms with van der Waals surface area (Å²) in [5.74, 6) is 0. The number of hydrogen-bond acceptors (Lipinski definition) is 1. The molecule has 1 rings (SSSR count). The number of rotatable bonds is 2. The average Bonchev–Trinajstić information content (AvgIpc) is 2.02. The molecule has 1 aromatic carbocycles. The molecule has 0 aliphatic rings. The highest BCUT2D eigenvalue weighted by Gasteiger charge is 2.18. The topological polar surface area (TPSA) is 26.0 Å². The fourth-order valence-electron chi connectivity index (χ4n) is 1.51. The Kier molecular flexibility index (Phi) is 2.77. The van der Waals surface area contributed by atoms with E-state index in [1.165, 1.54) is 16.7 Å². The fourth-order valence-corrected chi connectivity index (χ4v) is 1.51. The van der Waals surface area contributed by atoms with E-state index in [1.54, 1.807) is 0 Å². The Labute approximate surface area is 81.0 Å². The van der Waals surface area contributed by atoms with Crippen LogP contribution in [0.3, 0.4) is 0 Å². The van der Waals surface area contributed by atoms with Gasteiger partial charge in [-0.15, -0.1) is 0 Å². The highest BCUT2D eigenvalue weighted by molar-refractivity contribution is 5.32. The molecule has 0 spiro atoms. The summed E-state index contributed by atoms with van der Waals surface area (Å²) >= 11 is 0. The molecule has 72 valence electrons. The van der Waals surface area contributed by atoms with Crippen LogP contribution in [0.25, 0.3) is 0 Å². The number of hydrogen-bond donors (Lipinski definition) is 1. The van der Waals surface area contributed by atoms with Gasteiger partial charge in [-0.25, -0.2) is 0 Å². The van der Waals surface area contributed by atoms with Gasteiger partial charge in [0.1, 0.15) is 0 Å². The molecule has 1 nitrogen and oxygen atoms in total. The molecule has 0 aliphatic carbocycles. The van der Waals surface area contributed by atoms with Gasteiger partial charge in [0.25, 0.3) is 0 Å². The lowest BCUT2D eigenvalue weighted by Gasteiger charge is -2.24. The summed E-state index contributed by atoms with van der Waals surface area (Å²) in [5.41, 5.74) is 9.82. The van der Waals surface area contributed by atoms with E-state index in [4.69, 9.17) is 5.73 Å². The van der Waals surface area contributed by atoms with Gasteiger partial charge in [-0.3, -0.25) is 0 Å². The quantitative estimate of drug-likeness (QED) is 0.738. The molecule has 1 atom stereocenters. The maximum Gasteiger partial charge on any atom is 0.0378 e.